The lowest BCUT2D eigenvalue weighted by Crippen LogP contribution is -2.16. The number of carbonyl (C=O) groups excluding carboxylic acids is 2. The first-order valence-corrected chi connectivity index (χ1v) is 9.08. The van der Waals surface area contributed by atoms with Crippen LogP contribution in [0, 0.1) is 0 Å². The molecule has 1 heterocycles. The molecule has 0 bridgehead atoms. The molecule has 1 aliphatic rings. The van der Waals surface area contributed by atoms with Crippen LogP contribution >= 0.6 is 11.8 Å². The van der Waals surface area contributed by atoms with Gasteiger partial charge in [0.1, 0.15) is 11.6 Å². The lowest BCUT2D eigenvalue weighted by molar-refractivity contribution is -0.118. The normalized spacial score (nSPS) is 13.6. The summed E-state index contributed by atoms with van der Waals surface area (Å²) < 4.78 is 7.07. The van der Waals surface area contributed by atoms with E-state index in [9.17, 15) is 9.59 Å². The van der Waals surface area contributed by atoms with Crippen molar-refractivity contribution in [3.63, 3.8) is 0 Å². The summed E-state index contributed by atoms with van der Waals surface area (Å²) in [6.45, 7) is 0.448. The van der Waals surface area contributed by atoms with E-state index in [0.717, 1.165) is 18.7 Å². The second kappa shape index (κ2) is 7.69. The molecule has 0 radical (unpaired) electrons. The third-order valence-corrected chi connectivity index (χ3v) is 4.96. The molecule has 0 saturated heterocycles. The highest BCUT2D eigenvalue weighted by Gasteiger charge is 2.30. The zero-order valence-electron chi connectivity index (χ0n) is 14.0. The lowest BCUT2D eigenvalue weighted by Gasteiger charge is -2.08. The van der Waals surface area contributed by atoms with Crippen molar-refractivity contribution in [3.05, 3.63) is 35.7 Å². The minimum absolute atomic E-state index is 0.0127. The molecule has 0 spiro atoms. The molecule has 2 N–H and O–H groups in total. The molecule has 25 heavy (non-hydrogen) atoms. The van der Waals surface area contributed by atoms with E-state index in [1.165, 1.54) is 11.8 Å². The minimum Gasteiger partial charge on any atom is -0.497 e. The Morgan fingerprint density at radius 1 is 1.36 bits per heavy atom. The van der Waals surface area contributed by atoms with Gasteiger partial charge in [0.15, 0.2) is 10.9 Å². The average molecular weight is 360 g/mol. The summed E-state index contributed by atoms with van der Waals surface area (Å²) >= 11 is 1.33. The second-order valence-electron chi connectivity index (χ2n) is 5.93. The Labute approximate surface area is 149 Å². The molecule has 7 nitrogen and oxygen atoms in total. The molecule has 132 valence electrons. The molecule has 0 atom stereocenters. The van der Waals surface area contributed by atoms with Crippen molar-refractivity contribution >= 4 is 23.5 Å². The number of ether oxygens (including phenoxy) is 1. The van der Waals surface area contributed by atoms with Crippen LogP contribution in [0.15, 0.2) is 29.4 Å². The first-order chi connectivity index (χ1) is 12.1. The third-order valence-electron chi connectivity index (χ3n) is 3.99. The van der Waals surface area contributed by atoms with E-state index >= 15 is 0 Å². The zero-order chi connectivity index (χ0) is 17.8. The average Bonchev–Trinajstić information content (AvgIpc) is 3.38. The molecule has 2 aromatic rings. The zero-order valence-corrected chi connectivity index (χ0v) is 14.8. The highest BCUT2D eigenvalue weighted by Crippen LogP contribution is 2.40. The van der Waals surface area contributed by atoms with Gasteiger partial charge in [-0.05, 0) is 25.0 Å². The Kier molecular flexibility index (Phi) is 5.37. The third kappa shape index (κ3) is 4.39. The van der Waals surface area contributed by atoms with Gasteiger partial charge in [-0.2, -0.15) is 0 Å². The van der Waals surface area contributed by atoms with E-state index in [-0.39, 0.29) is 23.9 Å². The molecule has 1 aromatic carbocycles. The maximum absolute atomic E-state index is 12.4. The van der Waals surface area contributed by atoms with Crippen molar-refractivity contribution in [2.45, 2.75) is 36.9 Å². The van der Waals surface area contributed by atoms with Gasteiger partial charge in [0, 0.05) is 24.4 Å². The first kappa shape index (κ1) is 17.5. The van der Waals surface area contributed by atoms with Crippen molar-refractivity contribution in [2.24, 2.45) is 5.73 Å². The summed E-state index contributed by atoms with van der Waals surface area (Å²) in [5, 5.41) is 9.10. The minimum atomic E-state index is -0.362. The largest absolute Gasteiger partial charge is 0.497 e. The van der Waals surface area contributed by atoms with E-state index in [1.807, 2.05) is 4.57 Å². The van der Waals surface area contributed by atoms with Gasteiger partial charge in [0.05, 0.1) is 12.9 Å². The molecule has 1 aromatic heterocycles. The van der Waals surface area contributed by atoms with Crippen LogP contribution in [0.4, 0.5) is 0 Å². The number of ketones is 1. The predicted molar refractivity (Wildman–Crippen MR) is 93.9 cm³/mol. The number of primary amides is 1. The molecular weight excluding hydrogens is 340 g/mol. The van der Waals surface area contributed by atoms with Gasteiger partial charge in [-0.3, -0.25) is 9.59 Å². The van der Waals surface area contributed by atoms with Gasteiger partial charge >= 0.3 is 0 Å². The molecule has 1 fully saturated rings. The highest BCUT2D eigenvalue weighted by atomic mass is 32.2. The molecular formula is C17H20N4O3S. The topological polar surface area (TPSA) is 100 Å². The Morgan fingerprint density at radius 2 is 2.16 bits per heavy atom. The quantitative estimate of drug-likeness (QED) is 0.542. The van der Waals surface area contributed by atoms with Crippen LogP contribution in [0.2, 0.25) is 0 Å². The molecule has 1 aliphatic carbocycles. The van der Waals surface area contributed by atoms with Crippen LogP contribution < -0.4 is 10.5 Å². The van der Waals surface area contributed by atoms with Gasteiger partial charge in [0.25, 0.3) is 0 Å². The fraction of sp³-hybridized carbons (Fsp3) is 0.412. The maximum atomic E-state index is 12.4. The number of rotatable bonds is 9. The van der Waals surface area contributed by atoms with Gasteiger partial charge < -0.3 is 15.0 Å². The van der Waals surface area contributed by atoms with Crippen LogP contribution in [-0.4, -0.2) is 39.3 Å². The fourth-order valence-corrected chi connectivity index (χ4v) is 3.36. The van der Waals surface area contributed by atoms with Crippen molar-refractivity contribution in [2.75, 3.05) is 12.9 Å². The van der Waals surface area contributed by atoms with E-state index in [0.29, 0.717) is 28.9 Å². The number of methoxy groups -OCH3 is 1. The number of hydrogen-bond donors (Lipinski definition) is 1. The fourth-order valence-electron chi connectivity index (χ4n) is 2.49. The number of benzene rings is 1. The molecule has 8 heteroatoms. The van der Waals surface area contributed by atoms with Crippen molar-refractivity contribution in [1.29, 1.82) is 0 Å². The summed E-state index contributed by atoms with van der Waals surface area (Å²) in [7, 11) is 1.57. The maximum Gasteiger partial charge on any atom is 0.219 e. The Morgan fingerprint density at radius 3 is 2.84 bits per heavy atom. The number of Topliss-reactive ketones (excluding diaryl/α,β-unsaturated/α-hetero) is 1. The van der Waals surface area contributed by atoms with E-state index < -0.39 is 0 Å². The summed E-state index contributed by atoms with van der Waals surface area (Å²) in [5.41, 5.74) is 5.86. The molecule has 0 aliphatic heterocycles. The smallest absolute Gasteiger partial charge is 0.219 e. The van der Waals surface area contributed by atoms with Gasteiger partial charge in [0.2, 0.25) is 5.91 Å². The molecule has 0 unspecified atom stereocenters. The van der Waals surface area contributed by atoms with Crippen molar-refractivity contribution < 1.29 is 14.3 Å². The Hall–Kier alpha value is -2.35. The summed E-state index contributed by atoms with van der Waals surface area (Å²) in [5.74, 6) is 1.81. The summed E-state index contributed by atoms with van der Waals surface area (Å²) in [6, 6.07) is 7.07. The van der Waals surface area contributed by atoms with Crippen LogP contribution in [-0.2, 0) is 11.3 Å². The number of hydrogen-bond acceptors (Lipinski definition) is 6. The SMILES string of the molecule is COc1cccc(C(=O)CSc2nnc(C3CC3)n2CCC(N)=O)c1. The van der Waals surface area contributed by atoms with Crippen molar-refractivity contribution in [3.8, 4) is 5.75 Å². The van der Waals surface area contributed by atoms with Gasteiger partial charge in [-0.25, -0.2) is 0 Å². The van der Waals surface area contributed by atoms with E-state index in [1.54, 1.807) is 31.4 Å². The van der Waals surface area contributed by atoms with Gasteiger partial charge in [-0.1, -0.05) is 23.9 Å². The highest BCUT2D eigenvalue weighted by molar-refractivity contribution is 7.99. The number of carbonyl (C=O) groups is 2. The first-order valence-electron chi connectivity index (χ1n) is 8.10. The Bertz CT molecular complexity index is 786. The molecule has 1 saturated carbocycles. The molecule has 1 amide bonds. The van der Waals surface area contributed by atoms with E-state index in [2.05, 4.69) is 10.2 Å². The predicted octanol–water partition coefficient (Wildman–Crippen LogP) is 2.01. The standard InChI is InChI=1S/C17H20N4O3S/c1-24-13-4-2-3-12(9-13)14(22)10-25-17-20-19-16(11-5-6-11)21(17)8-7-15(18)23/h2-4,9,11H,5-8,10H2,1H3,(H2,18,23). The van der Waals surface area contributed by atoms with Crippen LogP contribution in [0.25, 0.3) is 0 Å². The number of nitrogens with two attached hydrogens (primary N) is 1. The van der Waals surface area contributed by atoms with E-state index in [4.69, 9.17) is 10.5 Å². The van der Waals surface area contributed by atoms with Crippen LogP contribution in [0.5, 0.6) is 5.75 Å². The van der Waals surface area contributed by atoms with Crippen LogP contribution in [0.1, 0.15) is 41.4 Å². The number of aromatic nitrogens is 3. The van der Waals surface area contributed by atoms with Crippen LogP contribution in [0.3, 0.4) is 0 Å². The summed E-state index contributed by atoms with van der Waals surface area (Å²) in [4.78, 5) is 23.5. The van der Waals surface area contributed by atoms with Gasteiger partial charge in [-0.15, -0.1) is 10.2 Å². The summed E-state index contributed by atoms with van der Waals surface area (Å²) in [6.07, 6.45) is 2.40. The number of nitrogens with zero attached hydrogens (tertiary/aromatic N) is 3. The number of thioether (sulfide) groups is 1. The second-order valence-corrected chi connectivity index (χ2v) is 6.87. The lowest BCUT2D eigenvalue weighted by atomic mass is 10.1. The monoisotopic (exact) mass is 360 g/mol. The van der Waals surface area contributed by atoms with Crippen molar-refractivity contribution in [1.82, 2.24) is 14.8 Å². The Balaban J connectivity index is 1.69. The number of amides is 1. The molecule has 3 rings (SSSR count).